The molecular weight excluding hydrogens is 124 g/mol. The Morgan fingerprint density at radius 1 is 1.60 bits per heavy atom. The first-order chi connectivity index (χ1) is 4.74. The zero-order valence-electron chi connectivity index (χ0n) is 6.93. The van der Waals surface area contributed by atoms with E-state index in [0.29, 0.717) is 6.04 Å². The number of rotatable bonds is 3. The van der Waals surface area contributed by atoms with E-state index in [9.17, 15) is 0 Å². The van der Waals surface area contributed by atoms with Crippen LogP contribution in [0.15, 0.2) is 0 Å². The van der Waals surface area contributed by atoms with Crippen molar-refractivity contribution >= 4 is 0 Å². The molecule has 0 amide bonds. The summed E-state index contributed by atoms with van der Waals surface area (Å²) in [6.45, 7) is 5.19. The molecule has 0 aromatic heterocycles. The zero-order chi connectivity index (χ0) is 7.56. The van der Waals surface area contributed by atoms with Gasteiger partial charge in [-0.1, -0.05) is 6.92 Å². The molecule has 0 aromatic rings. The van der Waals surface area contributed by atoms with Crippen molar-refractivity contribution in [2.45, 2.75) is 38.8 Å². The van der Waals surface area contributed by atoms with Crippen LogP contribution in [-0.2, 0) is 0 Å². The van der Waals surface area contributed by atoms with Gasteiger partial charge in [0.1, 0.15) is 0 Å². The predicted octanol–water partition coefficient (Wildman–Crippen LogP) is 0.722. The van der Waals surface area contributed by atoms with Gasteiger partial charge in [0.25, 0.3) is 0 Å². The number of hydrogen-bond donors (Lipinski definition) is 2. The molecule has 1 fully saturated rings. The summed E-state index contributed by atoms with van der Waals surface area (Å²) in [5.41, 5.74) is 5.48. The Balaban J connectivity index is 2.12. The smallest absolute Gasteiger partial charge is 0.0164 e. The number of nitrogens with two attached hydrogens (primary N) is 1. The van der Waals surface area contributed by atoms with E-state index in [-0.39, 0.29) is 0 Å². The summed E-state index contributed by atoms with van der Waals surface area (Å²) in [6.07, 6.45) is 2.72. The van der Waals surface area contributed by atoms with Crippen molar-refractivity contribution in [3.8, 4) is 0 Å². The summed E-state index contributed by atoms with van der Waals surface area (Å²) < 4.78 is 0. The second kappa shape index (κ2) is 3.35. The normalized spacial score (nSPS) is 35.1. The first-order valence-electron chi connectivity index (χ1n) is 4.20. The lowest BCUT2D eigenvalue weighted by Crippen LogP contribution is -2.48. The standard InChI is InChI=1S/C8H18N2/c1-6-3-4-8(6)10-7(2)5-9/h6-8,10H,3-5,9H2,1-2H3. The minimum absolute atomic E-state index is 0.493. The lowest BCUT2D eigenvalue weighted by molar-refractivity contribution is 0.214. The maximum atomic E-state index is 5.48. The van der Waals surface area contributed by atoms with Crippen LogP contribution in [0.5, 0.6) is 0 Å². The van der Waals surface area contributed by atoms with Crippen molar-refractivity contribution in [3.63, 3.8) is 0 Å². The molecule has 0 bridgehead atoms. The van der Waals surface area contributed by atoms with Gasteiger partial charge in [-0.3, -0.25) is 0 Å². The van der Waals surface area contributed by atoms with Crippen molar-refractivity contribution < 1.29 is 0 Å². The molecular formula is C8H18N2. The van der Waals surface area contributed by atoms with Gasteiger partial charge in [0.2, 0.25) is 0 Å². The van der Waals surface area contributed by atoms with E-state index in [1.165, 1.54) is 12.8 Å². The zero-order valence-corrected chi connectivity index (χ0v) is 6.93. The molecule has 0 spiro atoms. The average Bonchev–Trinajstić information content (AvgIpc) is 1.96. The van der Waals surface area contributed by atoms with Crippen LogP contribution >= 0.6 is 0 Å². The molecule has 3 atom stereocenters. The highest BCUT2D eigenvalue weighted by atomic mass is 15.0. The Bertz CT molecular complexity index is 103. The largest absolute Gasteiger partial charge is 0.329 e. The molecule has 0 heterocycles. The molecule has 1 rings (SSSR count). The molecule has 2 heteroatoms. The monoisotopic (exact) mass is 142 g/mol. The molecule has 3 N–H and O–H groups in total. The molecule has 0 aliphatic heterocycles. The van der Waals surface area contributed by atoms with E-state index in [1.807, 2.05) is 0 Å². The third-order valence-electron chi connectivity index (χ3n) is 2.47. The van der Waals surface area contributed by atoms with Crippen molar-refractivity contribution in [2.24, 2.45) is 11.7 Å². The fourth-order valence-electron chi connectivity index (χ4n) is 1.35. The Hall–Kier alpha value is -0.0800. The summed E-state index contributed by atoms with van der Waals surface area (Å²) in [4.78, 5) is 0. The van der Waals surface area contributed by atoms with Crippen molar-refractivity contribution in [1.82, 2.24) is 5.32 Å². The van der Waals surface area contributed by atoms with Crippen LogP contribution in [0.4, 0.5) is 0 Å². The van der Waals surface area contributed by atoms with Crippen LogP contribution in [0.3, 0.4) is 0 Å². The van der Waals surface area contributed by atoms with Gasteiger partial charge in [0, 0.05) is 18.6 Å². The third kappa shape index (κ3) is 1.70. The highest BCUT2D eigenvalue weighted by molar-refractivity contribution is 4.85. The minimum Gasteiger partial charge on any atom is -0.329 e. The van der Waals surface area contributed by atoms with Crippen molar-refractivity contribution in [2.75, 3.05) is 6.54 Å². The molecule has 1 aliphatic rings. The quantitative estimate of drug-likeness (QED) is 0.609. The van der Waals surface area contributed by atoms with E-state index in [2.05, 4.69) is 19.2 Å². The van der Waals surface area contributed by atoms with E-state index in [1.54, 1.807) is 0 Å². The fraction of sp³-hybridized carbons (Fsp3) is 1.00. The Morgan fingerprint density at radius 2 is 2.30 bits per heavy atom. The van der Waals surface area contributed by atoms with Gasteiger partial charge in [-0.15, -0.1) is 0 Å². The topological polar surface area (TPSA) is 38.0 Å². The van der Waals surface area contributed by atoms with Gasteiger partial charge in [0.05, 0.1) is 0 Å². The summed E-state index contributed by atoms with van der Waals surface area (Å²) in [5, 5.41) is 3.49. The number of nitrogens with one attached hydrogen (secondary N) is 1. The lowest BCUT2D eigenvalue weighted by atomic mass is 9.81. The van der Waals surface area contributed by atoms with E-state index in [4.69, 9.17) is 5.73 Å². The van der Waals surface area contributed by atoms with Gasteiger partial charge in [0.15, 0.2) is 0 Å². The molecule has 0 radical (unpaired) electrons. The highest BCUT2D eigenvalue weighted by Gasteiger charge is 2.26. The maximum absolute atomic E-state index is 5.48. The van der Waals surface area contributed by atoms with Gasteiger partial charge in [-0.25, -0.2) is 0 Å². The van der Waals surface area contributed by atoms with Crippen LogP contribution < -0.4 is 11.1 Å². The third-order valence-corrected chi connectivity index (χ3v) is 2.47. The SMILES string of the molecule is CC(CN)NC1CCC1C. The molecule has 10 heavy (non-hydrogen) atoms. The van der Waals surface area contributed by atoms with Crippen LogP contribution in [-0.4, -0.2) is 18.6 Å². The van der Waals surface area contributed by atoms with Gasteiger partial charge in [-0.05, 0) is 25.7 Å². The summed E-state index contributed by atoms with van der Waals surface area (Å²) in [6, 6.07) is 1.24. The molecule has 60 valence electrons. The van der Waals surface area contributed by atoms with Crippen LogP contribution in [0.25, 0.3) is 0 Å². The Morgan fingerprint density at radius 3 is 2.60 bits per heavy atom. The maximum Gasteiger partial charge on any atom is 0.0164 e. The summed E-state index contributed by atoms with van der Waals surface area (Å²) in [5.74, 6) is 0.869. The van der Waals surface area contributed by atoms with Crippen LogP contribution in [0, 0.1) is 5.92 Å². The fourth-order valence-corrected chi connectivity index (χ4v) is 1.35. The van der Waals surface area contributed by atoms with E-state index < -0.39 is 0 Å². The van der Waals surface area contributed by atoms with Crippen LogP contribution in [0.2, 0.25) is 0 Å². The first kappa shape index (κ1) is 8.02. The van der Waals surface area contributed by atoms with Gasteiger partial charge in [-0.2, -0.15) is 0 Å². The highest BCUT2D eigenvalue weighted by Crippen LogP contribution is 2.26. The Labute approximate surface area is 63.2 Å². The second-order valence-electron chi connectivity index (χ2n) is 3.46. The summed E-state index contributed by atoms with van der Waals surface area (Å²) >= 11 is 0. The number of hydrogen-bond acceptors (Lipinski definition) is 2. The molecule has 2 nitrogen and oxygen atoms in total. The molecule has 0 aromatic carbocycles. The van der Waals surface area contributed by atoms with Crippen molar-refractivity contribution in [3.05, 3.63) is 0 Å². The van der Waals surface area contributed by atoms with Crippen LogP contribution in [0.1, 0.15) is 26.7 Å². The van der Waals surface area contributed by atoms with E-state index in [0.717, 1.165) is 18.5 Å². The van der Waals surface area contributed by atoms with Gasteiger partial charge < -0.3 is 11.1 Å². The summed E-state index contributed by atoms with van der Waals surface area (Å²) in [7, 11) is 0. The molecule has 0 saturated heterocycles. The second-order valence-corrected chi connectivity index (χ2v) is 3.46. The Kier molecular flexibility index (Phi) is 2.69. The predicted molar refractivity (Wildman–Crippen MR) is 43.8 cm³/mol. The lowest BCUT2D eigenvalue weighted by Gasteiger charge is -2.36. The first-order valence-corrected chi connectivity index (χ1v) is 4.20. The van der Waals surface area contributed by atoms with Gasteiger partial charge >= 0.3 is 0 Å². The molecule has 1 saturated carbocycles. The molecule has 3 unspecified atom stereocenters. The van der Waals surface area contributed by atoms with Crippen molar-refractivity contribution in [1.29, 1.82) is 0 Å². The molecule has 1 aliphatic carbocycles. The average molecular weight is 142 g/mol. The van der Waals surface area contributed by atoms with E-state index >= 15 is 0 Å². The minimum atomic E-state index is 0.493.